The Hall–Kier alpha value is -1.54. The molecule has 0 amide bonds. The number of unbranched alkanes of at least 4 members (excludes halogenated alkanes) is 3. The van der Waals surface area contributed by atoms with Crippen molar-refractivity contribution in [3.05, 3.63) is 34.4 Å². The first-order valence-corrected chi connectivity index (χ1v) is 10.7. The van der Waals surface area contributed by atoms with Crippen molar-refractivity contribution in [2.75, 3.05) is 6.61 Å². The molecule has 1 aromatic rings. The minimum absolute atomic E-state index is 0.0879. The monoisotopic (exact) mass is 392 g/mol. The van der Waals surface area contributed by atoms with Gasteiger partial charge in [-0.2, -0.15) is 0 Å². The third-order valence-electron chi connectivity index (χ3n) is 4.89. The van der Waals surface area contributed by atoms with E-state index in [-0.39, 0.29) is 20.7 Å². The van der Waals surface area contributed by atoms with Crippen LogP contribution in [0.3, 0.4) is 0 Å². The number of rotatable bonds is 12. The van der Waals surface area contributed by atoms with Crippen molar-refractivity contribution in [3.63, 3.8) is 0 Å². The zero-order chi connectivity index (χ0) is 20.4. The maximum atomic E-state index is 13.1. The molecule has 0 aliphatic carbocycles. The lowest BCUT2D eigenvalue weighted by molar-refractivity contribution is -0.147. The van der Waals surface area contributed by atoms with Crippen molar-refractivity contribution in [1.82, 2.24) is 0 Å². The number of ketones is 1. The Morgan fingerprint density at radius 1 is 1.00 bits per heavy atom. The summed E-state index contributed by atoms with van der Waals surface area (Å²) >= 11 is 0. The maximum Gasteiger partial charge on any atom is 0.324 e. The Bertz CT molecular complexity index is 645. The summed E-state index contributed by atoms with van der Waals surface area (Å²) in [5, 5.41) is -1.29. The van der Waals surface area contributed by atoms with Crippen molar-refractivity contribution >= 4 is 20.2 Å². The van der Waals surface area contributed by atoms with Gasteiger partial charge in [0.05, 0.1) is 6.61 Å². The van der Waals surface area contributed by atoms with Gasteiger partial charge in [-0.05, 0) is 44.7 Å². The molecule has 1 unspecified atom stereocenters. The number of esters is 1. The van der Waals surface area contributed by atoms with E-state index >= 15 is 0 Å². The zero-order valence-electron chi connectivity index (χ0n) is 17.4. The third-order valence-corrected chi connectivity index (χ3v) is 5.80. The van der Waals surface area contributed by atoms with Crippen LogP contribution in [0.15, 0.2) is 12.1 Å². The first kappa shape index (κ1) is 23.5. The van der Waals surface area contributed by atoms with Crippen LogP contribution in [0.1, 0.15) is 85.8 Å². The van der Waals surface area contributed by atoms with Gasteiger partial charge in [-0.25, -0.2) is 0 Å². The molecule has 4 nitrogen and oxygen atoms in total. The Morgan fingerprint density at radius 3 is 2.11 bits per heavy atom. The van der Waals surface area contributed by atoms with Crippen molar-refractivity contribution in [2.45, 2.75) is 84.7 Å². The number of hydrogen-bond acceptors (Lipinski definition) is 4. The molecule has 0 heterocycles. The predicted molar refractivity (Wildman–Crippen MR) is 110 cm³/mol. The normalized spacial score (nSPS) is 13.4. The standard InChI is InChI=1S/C22H33O4P/c1-6-8-10-12-26-21(24)22(27-25,11-9-7-2)15-19(23)20-17(4)13-16(3)14-18(20)5/h13-14H,6-12,15H2,1-5H3. The fourth-order valence-electron chi connectivity index (χ4n) is 3.47. The Kier molecular flexibility index (Phi) is 9.87. The summed E-state index contributed by atoms with van der Waals surface area (Å²) < 4.78 is 17.5. The number of ether oxygens (including phenoxy) is 1. The molecule has 1 aromatic carbocycles. The lowest BCUT2D eigenvalue weighted by Gasteiger charge is -2.25. The molecule has 0 fully saturated rings. The quantitative estimate of drug-likeness (QED) is 0.186. The van der Waals surface area contributed by atoms with Gasteiger partial charge in [0.2, 0.25) is 0 Å². The van der Waals surface area contributed by atoms with Crippen molar-refractivity contribution in [2.24, 2.45) is 0 Å². The molecule has 150 valence electrons. The van der Waals surface area contributed by atoms with E-state index in [1.807, 2.05) is 39.8 Å². The fraction of sp³-hybridized carbons (Fsp3) is 0.636. The molecule has 27 heavy (non-hydrogen) atoms. The predicted octanol–water partition coefficient (Wildman–Crippen LogP) is 6.14. The Labute approximate surface area is 165 Å². The van der Waals surface area contributed by atoms with Gasteiger partial charge < -0.3 is 4.74 Å². The van der Waals surface area contributed by atoms with E-state index in [9.17, 15) is 14.2 Å². The van der Waals surface area contributed by atoms with E-state index in [2.05, 4.69) is 6.92 Å². The van der Waals surface area contributed by atoms with Gasteiger partial charge in [-0.3, -0.25) is 14.2 Å². The molecule has 0 bridgehead atoms. The summed E-state index contributed by atoms with van der Waals surface area (Å²) in [7, 11) is -0.337. The van der Waals surface area contributed by atoms with E-state index in [1.54, 1.807) is 0 Å². The molecular weight excluding hydrogens is 359 g/mol. The molecule has 0 spiro atoms. The van der Waals surface area contributed by atoms with Crippen LogP contribution in [0.2, 0.25) is 0 Å². The second-order valence-corrected chi connectivity index (χ2v) is 8.48. The number of carbonyl (C=O) groups is 2. The first-order valence-electron chi connectivity index (χ1n) is 9.94. The summed E-state index contributed by atoms with van der Waals surface area (Å²) in [5.74, 6) is -0.658. The number of carbonyl (C=O) groups excluding carboxylic acids is 2. The highest BCUT2D eigenvalue weighted by Crippen LogP contribution is 2.37. The molecule has 0 aromatic heterocycles. The van der Waals surface area contributed by atoms with Crippen molar-refractivity contribution < 1.29 is 18.9 Å². The van der Waals surface area contributed by atoms with Crippen LogP contribution >= 0.6 is 8.46 Å². The molecule has 0 radical (unpaired) electrons. The van der Waals surface area contributed by atoms with Crippen LogP contribution in [0.25, 0.3) is 0 Å². The summed E-state index contributed by atoms with van der Waals surface area (Å²) in [6.07, 6.45) is 4.67. The van der Waals surface area contributed by atoms with E-state index in [0.717, 1.165) is 48.8 Å². The number of aryl methyl sites for hydroxylation is 3. The van der Waals surface area contributed by atoms with Gasteiger partial charge in [-0.1, -0.05) is 57.2 Å². The SMILES string of the molecule is CCCCCOC(=O)C(CCCC)(CC(=O)c1c(C)cc(C)cc1C)P=O. The molecule has 0 N–H and O–H groups in total. The average molecular weight is 392 g/mol. The molecule has 0 aliphatic heterocycles. The van der Waals surface area contributed by atoms with Gasteiger partial charge in [-0.15, -0.1) is 0 Å². The highest BCUT2D eigenvalue weighted by molar-refractivity contribution is 7.28. The number of benzene rings is 1. The topological polar surface area (TPSA) is 60.4 Å². The van der Waals surface area contributed by atoms with Crippen LogP contribution in [0.4, 0.5) is 0 Å². The molecule has 0 aliphatic rings. The molecular formula is C22H33O4P. The fourth-order valence-corrected chi connectivity index (χ4v) is 4.07. The zero-order valence-corrected chi connectivity index (χ0v) is 18.3. The van der Waals surface area contributed by atoms with Gasteiger partial charge in [0, 0.05) is 12.0 Å². The van der Waals surface area contributed by atoms with Crippen molar-refractivity contribution in [1.29, 1.82) is 0 Å². The molecule has 0 saturated carbocycles. The lowest BCUT2D eigenvalue weighted by Crippen LogP contribution is -2.37. The highest BCUT2D eigenvalue weighted by Gasteiger charge is 2.43. The number of hydrogen-bond donors (Lipinski definition) is 0. The van der Waals surface area contributed by atoms with Gasteiger partial charge in [0.1, 0.15) is 0 Å². The summed E-state index contributed by atoms with van der Waals surface area (Å²) in [6.45, 7) is 10.2. The Balaban J connectivity index is 3.07. The molecule has 1 rings (SSSR count). The van der Waals surface area contributed by atoms with Crippen LogP contribution < -0.4 is 0 Å². The minimum atomic E-state index is -1.29. The van der Waals surface area contributed by atoms with Gasteiger partial charge in [0.15, 0.2) is 19.4 Å². The van der Waals surface area contributed by atoms with Gasteiger partial charge >= 0.3 is 5.97 Å². The number of Topliss-reactive ketones (excluding diaryl/α,β-unsaturated/α-hetero) is 1. The highest BCUT2D eigenvalue weighted by atomic mass is 31.1. The second-order valence-electron chi connectivity index (χ2n) is 7.44. The molecule has 0 saturated heterocycles. The smallest absolute Gasteiger partial charge is 0.324 e. The van der Waals surface area contributed by atoms with Crippen molar-refractivity contribution in [3.8, 4) is 0 Å². The third kappa shape index (κ3) is 6.53. The van der Waals surface area contributed by atoms with Crippen LogP contribution in [-0.4, -0.2) is 23.5 Å². The van der Waals surface area contributed by atoms with E-state index < -0.39 is 11.1 Å². The van der Waals surface area contributed by atoms with Gasteiger partial charge in [0.25, 0.3) is 0 Å². The summed E-state index contributed by atoms with van der Waals surface area (Å²) in [6, 6.07) is 3.93. The first-order chi connectivity index (χ1) is 12.8. The molecule has 5 heteroatoms. The average Bonchev–Trinajstić information content (AvgIpc) is 2.61. The lowest BCUT2D eigenvalue weighted by atomic mass is 9.88. The minimum Gasteiger partial charge on any atom is -0.465 e. The van der Waals surface area contributed by atoms with Crippen LogP contribution in [0.5, 0.6) is 0 Å². The summed E-state index contributed by atoms with van der Waals surface area (Å²) in [5.41, 5.74) is 3.50. The van der Waals surface area contributed by atoms with Crippen LogP contribution in [0, 0.1) is 20.8 Å². The van der Waals surface area contributed by atoms with E-state index in [1.165, 1.54) is 0 Å². The summed E-state index contributed by atoms with van der Waals surface area (Å²) in [4.78, 5) is 25.8. The molecule has 1 atom stereocenters. The maximum absolute atomic E-state index is 13.1. The van der Waals surface area contributed by atoms with E-state index in [0.29, 0.717) is 18.6 Å². The van der Waals surface area contributed by atoms with Crippen LogP contribution in [-0.2, 0) is 14.1 Å². The largest absolute Gasteiger partial charge is 0.465 e. The van der Waals surface area contributed by atoms with E-state index in [4.69, 9.17) is 4.74 Å². The Morgan fingerprint density at radius 2 is 1.59 bits per heavy atom. The second kappa shape index (κ2) is 11.3.